The fourth-order valence-electron chi connectivity index (χ4n) is 2.78. The molecule has 0 amide bonds. The van der Waals surface area contributed by atoms with E-state index in [-0.39, 0.29) is 0 Å². The molecule has 2 rings (SSSR count). The van der Waals surface area contributed by atoms with Crippen molar-refractivity contribution in [2.24, 2.45) is 0 Å². The quantitative estimate of drug-likeness (QED) is 0.769. The Morgan fingerprint density at radius 2 is 1.89 bits per heavy atom. The molecular weight excluding hydrogens is 232 g/mol. The van der Waals surface area contributed by atoms with Crippen molar-refractivity contribution >= 4 is 0 Å². The van der Waals surface area contributed by atoms with Gasteiger partial charge >= 0.3 is 0 Å². The van der Waals surface area contributed by atoms with Crippen molar-refractivity contribution < 1.29 is 0 Å². The number of aryl methyl sites for hydroxylation is 1. The van der Waals surface area contributed by atoms with E-state index in [4.69, 9.17) is 0 Å². The summed E-state index contributed by atoms with van der Waals surface area (Å²) in [4.78, 5) is 2.68. The van der Waals surface area contributed by atoms with E-state index < -0.39 is 0 Å². The van der Waals surface area contributed by atoms with Gasteiger partial charge in [0.15, 0.2) is 0 Å². The lowest BCUT2D eigenvalue weighted by Crippen LogP contribution is -2.31. The van der Waals surface area contributed by atoms with E-state index in [0.29, 0.717) is 6.04 Å². The van der Waals surface area contributed by atoms with Crippen molar-refractivity contribution in [3.63, 3.8) is 0 Å². The third-order valence-electron chi connectivity index (χ3n) is 4.11. The molecule has 0 aromatic heterocycles. The highest BCUT2D eigenvalue weighted by Gasteiger charge is 2.28. The van der Waals surface area contributed by atoms with Crippen molar-refractivity contribution in [2.45, 2.75) is 51.6 Å². The molecular formula is C17H28N2. The van der Waals surface area contributed by atoms with Gasteiger partial charge in [0.2, 0.25) is 0 Å². The summed E-state index contributed by atoms with van der Waals surface area (Å²) in [6.07, 6.45) is 5.30. The zero-order valence-corrected chi connectivity index (χ0v) is 12.7. The zero-order chi connectivity index (χ0) is 13.7. The van der Waals surface area contributed by atoms with E-state index in [9.17, 15) is 0 Å². The van der Waals surface area contributed by atoms with Gasteiger partial charge in [-0.25, -0.2) is 0 Å². The van der Waals surface area contributed by atoms with E-state index in [0.717, 1.165) is 6.04 Å². The van der Waals surface area contributed by atoms with Crippen molar-refractivity contribution in [3.8, 4) is 0 Å². The first kappa shape index (κ1) is 14.5. The lowest BCUT2D eigenvalue weighted by atomic mass is 10.0. The molecule has 0 spiro atoms. The van der Waals surface area contributed by atoms with E-state index in [1.54, 1.807) is 0 Å². The highest BCUT2D eigenvalue weighted by Crippen LogP contribution is 2.28. The first-order valence-corrected chi connectivity index (χ1v) is 7.72. The van der Waals surface area contributed by atoms with Crippen LogP contribution in [0.15, 0.2) is 24.3 Å². The maximum Gasteiger partial charge on any atom is 0.0329 e. The summed E-state index contributed by atoms with van der Waals surface area (Å²) in [6.45, 7) is 6.91. The molecule has 1 N–H and O–H groups in total. The second kappa shape index (κ2) is 7.06. The largest absolute Gasteiger partial charge is 0.313 e. The number of nitrogens with one attached hydrogen (secondary N) is 1. The van der Waals surface area contributed by atoms with Crippen LogP contribution in [0.3, 0.4) is 0 Å². The van der Waals surface area contributed by atoms with Crippen LogP contribution in [0.1, 0.15) is 49.8 Å². The van der Waals surface area contributed by atoms with E-state index in [1.807, 2.05) is 0 Å². The van der Waals surface area contributed by atoms with Gasteiger partial charge in [0.25, 0.3) is 0 Å². The summed E-state index contributed by atoms with van der Waals surface area (Å²) < 4.78 is 0. The van der Waals surface area contributed by atoms with Crippen molar-refractivity contribution in [3.05, 3.63) is 35.4 Å². The summed E-state index contributed by atoms with van der Waals surface area (Å²) in [7, 11) is 2.08. The molecule has 1 fully saturated rings. The number of rotatable bonds is 8. The van der Waals surface area contributed by atoms with Gasteiger partial charge in [-0.05, 0) is 51.8 Å². The van der Waals surface area contributed by atoms with Crippen molar-refractivity contribution in [2.75, 3.05) is 20.1 Å². The van der Waals surface area contributed by atoms with Crippen LogP contribution in [0.25, 0.3) is 0 Å². The van der Waals surface area contributed by atoms with Crippen LogP contribution < -0.4 is 5.32 Å². The Hall–Kier alpha value is -0.860. The molecule has 1 unspecified atom stereocenters. The molecule has 0 aliphatic heterocycles. The average molecular weight is 260 g/mol. The maximum atomic E-state index is 3.47. The molecule has 1 aromatic rings. The minimum absolute atomic E-state index is 0.485. The first-order valence-electron chi connectivity index (χ1n) is 7.72. The average Bonchev–Trinajstić information content (AvgIpc) is 3.24. The normalized spacial score (nSPS) is 16.8. The second-order valence-corrected chi connectivity index (χ2v) is 5.81. The number of nitrogens with zero attached hydrogens (tertiary/aromatic N) is 1. The monoisotopic (exact) mass is 260 g/mol. The first-order chi connectivity index (χ1) is 9.24. The second-order valence-electron chi connectivity index (χ2n) is 5.81. The highest BCUT2D eigenvalue weighted by atomic mass is 15.2. The Morgan fingerprint density at radius 3 is 2.42 bits per heavy atom. The molecule has 1 atom stereocenters. The highest BCUT2D eigenvalue weighted by molar-refractivity contribution is 5.24. The molecule has 0 saturated heterocycles. The van der Waals surface area contributed by atoms with Crippen LogP contribution in [-0.2, 0) is 0 Å². The minimum Gasteiger partial charge on any atom is -0.313 e. The van der Waals surface area contributed by atoms with E-state index in [1.165, 1.54) is 49.9 Å². The lowest BCUT2D eigenvalue weighted by molar-refractivity contribution is 0.249. The standard InChI is InChI=1S/C17H28N2/c1-4-12-19(16-9-10-16)13-11-17(18-3)15-7-5-14(2)6-8-15/h5-8,16-18H,4,9-13H2,1-3H3. The Bertz CT molecular complexity index is 367. The third kappa shape index (κ3) is 4.32. The molecule has 1 aliphatic rings. The number of benzene rings is 1. The van der Waals surface area contributed by atoms with Gasteiger partial charge < -0.3 is 10.2 Å². The Kier molecular flexibility index (Phi) is 5.41. The molecule has 2 heteroatoms. The molecule has 1 aliphatic carbocycles. The van der Waals surface area contributed by atoms with Gasteiger partial charge in [0.1, 0.15) is 0 Å². The van der Waals surface area contributed by atoms with Gasteiger partial charge in [-0.15, -0.1) is 0 Å². The summed E-state index contributed by atoms with van der Waals surface area (Å²) in [5.41, 5.74) is 2.75. The van der Waals surface area contributed by atoms with Crippen LogP contribution in [0.2, 0.25) is 0 Å². The topological polar surface area (TPSA) is 15.3 Å². The predicted molar refractivity (Wildman–Crippen MR) is 82.5 cm³/mol. The fraction of sp³-hybridized carbons (Fsp3) is 0.647. The summed E-state index contributed by atoms with van der Waals surface area (Å²) in [5, 5.41) is 3.47. The van der Waals surface area contributed by atoms with Gasteiger partial charge in [-0.2, -0.15) is 0 Å². The van der Waals surface area contributed by atoms with E-state index in [2.05, 4.69) is 55.4 Å². The molecule has 19 heavy (non-hydrogen) atoms. The molecule has 0 radical (unpaired) electrons. The molecule has 106 valence electrons. The predicted octanol–water partition coefficient (Wildman–Crippen LogP) is 3.52. The van der Waals surface area contributed by atoms with Crippen LogP contribution in [-0.4, -0.2) is 31.1 Å². The molecule has 0 heterocycles. The summed E-state index contributed by atoms with van der Waals surface area (Å²) in [6, 6.07) is 10.3. The summed E-state index contributed by atoms with van der Waals surface area (Å²) in [5.74, 6) is 0. The Balaban J connectivity index is 1.89. The van der Waals surface area contributed by atoms with Gasteiger partial charge in [0, 0.05) is 18.6 Å². The van der Waals surface area contributed by atoms with Crippen LogP contribution in [0, 0.1) is 6.92 Å². The Labute approximate surface area is 118 Å². The third-order valence-corrected chi connectivity index (χ3v) is 4.11. The number of hydrogen-bond acceptors (Lipinski definition) is 2. The Morgan fingerprint density at radius 1 is 1.21 bits per heavy atom. The SMILES string of the molecule is CCCN(CCC(NC)c1ccc(C)cc1)C1CC1. The zero-order valence-electron chi connectivity index (χ0n) is 12.7. The molecule has 0 bridgehead atoms. The molecule has 2 nitrogen and oxygen atoms in total. The van der Waals surface area contributed by atoms with Crippen LogP contribution in [0.4, 0.5) is 0 Å². The lowest BCUT2D eigenvalue weighted by Gasteiger charge is -2.25. The molecule has 1 aromatic carbocycles. The van der Waals surface area contributed by atoms with Crippen LogP contribution >= 0.6 is 0 Å². The van der Waals surface area contributed by atoms with Gasteiger partial charge in [0.05, 0.1) is 0 Å². The smallest absolute Gasteiger partial charge is 0.0329 e. The summed E-state index contributed by atoms with van der Waals surface area (Å²) >= 11 is 0. The van der Waals surface area contributed by atoms with Crippen molar-refractivity contribution in [1.82, 2.24) is 10.2 Å². The fourth-order valence-corrected chi connectivity index (χ4v) is 2.78. The molecule has 1 saturated carbocycles. The van der Waals surface area contributed by atoms with Crippen molar-refractivity contribution in [1.29, 1.82) is 0 Å². The van der Waals surface area contributed by atoms with Gasteiger partial charge in [-0.3, -0.25) is 0 Å². The number of hydrogen-bond donors (Lipinski definition) is 1. The minimum atomic E-state index is 0.485. The van der Waals surface area contributed by atoms with E-state index >= 15 is 0 Å². The van der Waals surface area contributed by atoms with Gasteiger partial charge in [-0.1, -0.05) is 36.8 Å². The maximum absolute atomic E-state index is 3.47. The van der Waals surface area contributed by atoms with Crippen LogP contribution in [0.5, 0.6) is 0 Å².